The Hall–Kier alpha value is -2.57. The van der Waals surface area contributed by atoms with Crippen molar-refractivity contribution in [2.45, 2.75) is 6.42 Å². The van der Waals surface area contributed by atoms with Gasteiger partial charge in [0.1, 0.15) is 5.71 Å². The van der Waals surface area contributed by atoms with Crippen LogP contribution >= 0.6 is 0 Å². The Morgan fingerprint density at radius 3 is 2.94 bits per heavy atom. The smallest absolute Gasteiger partial charge is 0.272 e. The van der Waals surface area contributed by atoms with Gasteiger partial charge in [0.2, 0.25) is 12.7 Å². The van der Waals surface area contributed by atoms with Crippen LogP contribution < -0.4 is 20.2 Å². The maximum absolute atomic E-state index is 11.8. The number of amides is 2. The van der Waals surface area contributed by atoms with Crippen molar-refractivity contribution < 1.29 is 19.1 Å². The molecule has 0 radical (unpaired) electrons. The first-order valence-electron chi connectivity index (χ1n) is 5.29. The quantitative estimate of drug-likeness (QED) is 0.782. The number of anilines is 1. The number of carbonyl (C=O) groups is 2. The molecule has 0 saturated heterocycles. The van der Waals surface area contributed by atoms with Gasteiger partial charge in [0.05, 0.1) is 6.42 Å². The second kappa shape index (κ2) is 4.02. The molecule has 18 heavy (non-hydrogen) atoms. The van der Waals surface area contributed by atoms with Gasteiger partial charge in [-0.1, -0.05) is 0 Å². The van der Waals surface area contributed by atoms with Crippen molar-refractivity contribution in [3.8, 4) is 11.5 Å². The maximum atomic E-state index is 11.8. The highest BCUT2D eigenvalue weighted by Crippen LogP contribution is 2.34. The number of carbonyl (C=O) groups excluding carboxylic acids is 2. The first-order chi connectivity index (χ1) is 8.72. The fraction of sp³-hybridized carbons (Fsp3) is 0.182. The van der Waals surface area contributed by atoms with Crippen LogP contribution in [0.3, 0.4) is 0 Å². The third kappa shape index (κ3) is 1.86. The van der Waals surface area contributed by atoms with E-state index in [1.54, 1.807) is 18.2 Å². The second-order valence-electron chi connectivity index (χ2n) is 3.79. The molecule has 0 spiro atoms. The van der Waals surface area contributed by atoms with Crippen molar-refractivity contribution in [2.24, 2.45) is 5.10 Å². The van der Waals surface area contributed by atoms with Crippen molar-refractivity contribution in [3.05, 3.63) is 18.2 Å². The first-order valence-corrected chi connectivity index (χ1v) is 5.29. The molecular weight excluding hydrogens is 238 g/mol. The molecule has 2 N–H and O–H groups in total. The van der Waals surface area contributed by atoms with Gasteiger partial charge in [-0.25, -0.2) is 5.43 Å². The Morgan fingerprint density at radius 2 is 2.17 bits per heavy atom. The molecule has 2 heterocycles. The van der Waals surface area contributed by atoms with E-state index in [9.17, 15) is 9.59 Å². The molecule has 1 aromatic rings. The van der Waals surface area contributed by atoms with Gasteiger partial charge in [-0.15, -0.1) is 0 Å². The van der Waals surface area contributed by atoms with Crippen molar-refractivity contribution in [3.63, 3.8) is 0 Å². The summed E-state index contributed by atoms with van der Waals surface area (Å²) in [5.41, 5.74) is 2.95. The number of rotatable bonds is 2. The van der Waals surface area contributed by atoms with Crippen LogP contribution in [0, 0.1) is 0 Å². The molecule has 0 unspecified atom stereocenters. The highest BCUT2D eigenvalue weighted by atomic mass is 16.7. The number of nitrogens with one attached hydrogen (secondary N) is 2. The number of hydrazone groups is 1. The molecule has 92 valence electrons. The lowest BCUT2D eigenvalue weighted by Crippen LogP contribution is -2.22. The third-order valence-electron chi connectivity index (χ3n) is 2.54. The molecular formula is C11H9N3O4. The van der Waals surface area contributed by atoms with Crippen LogP contribution in [0.4, 0.5) is 5.69 Å². The minimum atomic E-state index is -0.410. The highest BCUT2D eigenvalue weighted by Gasteiger charge is 2.22. The van der Waals surface area contributed by atoms with Crippen LogP contribution in [0.25, 0.3) is 0 Å². The number of hydrogen-bond acceptors (Lipinski definition) is 5. The van der Waals surface area contributed by atoms with Crippen LogP contribution in [-0.2, 0) is 9.59 Å². The summed E-state index contributed by atoms with van der Waals surface area (Å²) in [6.45, 7) is 0.178. The van der Waals surface area contributed by atoms with Gasteiger partial charge in [0, 0.05) is 11.8 Å². The zero-order chi connectivity index (χ0) is 12.5. The van der Waals surface area contributed by atoms with Crippen molar-refractivity contribution in [1.82, 2.24) is 5.43 Å². The van der Waals surface area contributed by atoms with E-state index in [0.717, 1.165) is 0 Å². The molecule has 2 aliphatic rings. The van der Waals surface area contributed by atoms with Crippen molar-refractivity contribution in [2.75, 3.05) is 12.1 Å². The lowest BCUT2D eigenvalue weighted by Gasteiger charge is -2.04. The molecule has 1 aromatic carbocycles. The van der Waals surface area contributed by atoms with Gasteiger partial charge in [-0.2, -0.15) is 5.10 Å². The lowest BCUT2D eigenvalue weighted by molar-refractivity contribution is -0.119. The lowest BCUT2D eigenvalue weighted by atomic mass is 10.2. The molecule has 2 amide bonds. The number of fused-ring (bicyclic) bond motifs is 1. The number of benzene rings is 1. The predicted molar refractivity (Wildman–Crippen MR) is 61.4 cm³/mol. The van der Waals surface area contributed by atoms with E-state index in [0.29, 0.717) is 17.2 Å². The Balaban J connectivity index is 1.73. The fourth-order valence-electron chi connectivity index (χ4n) is 1.67. The molecule has 7 nitrogen and oxygen atoms in total. The third-order valence-corrected chi connectivity index (χ3v) is 2.54. The fourth-order valence-corrected chi connectivity index (χ4v) is 1.67. The molecule has 0 aromatic heterocycles. The topological polar surface area (TPSA) is 89.0 Å². The second-order valence-corrected chi connectivity index (χ2v) is 3.79. The van der Waals surface area contributed by atoms with Crippen LogP contribution in [0.15, 0.2) is 23.3 Å². The Morgan fingerprint density at radius 1 is 1.33 bits per heavy atom. The van der Waals surface area contributed by atoms with Crippen molar-refractivity contribution >= 4 is 23.2 Å². The van der Waals surface area contributed by atoms with Crippen LogP contribution in [0.2, 0.25) is 0 Å². The molecule has 2 aliphatic heterocycles. The van der Waals surface area contributed by atoms with Crippen LogP contribution in [0.1, 0.15) is 6.42 Å². The van der Waals surface area contributed by atoms with E-state index < -0.39 is 5.91 Å². The summed E-state index contributed by atoms with van der Waals surface area (Å²) in [6, 6.07) is 5.05. The summed E-state index contributed by atoms with van der Waals surface area (Å²) >= 11 is 0. The summed E-state index contributed by atoms with van der Waals surface area (Å²) in [7, 11) is 0. The number of hydrogen-bond donors (Lipinski definition) is 2. The molecule has 0 saturated carbocycles. The summed E-state index contributed by atoms with van der Waals surface area (Å²) in [6.07, 6.45) is -0.00359. The number of nitrogens with zero attached hydrogens (tertiary/aromatic N) is 1. The Bertz CT molecular complexity index is 567. The summed E-state index contributed by atoms with van der Waals surface area (Å²) in [5.74, 6) is 0.525. The molecule has 7 heteroatoms. The van der Waals surface area contributed by atoms with Gasteiger partial charge in [0.15, 0.2) is 11.5 Å². The predicted octanol–water partition coefficient (Wildman–Crippen LogP) is 0.230. The van der Waals surface area contributed by atoms with E-state index in [2.05, 4.69) is 15.8 Å². The average molecular weight is 247 g/mol. The molecule has 0 bridgehead atoms. The highest BCUT2D eigenvalue weighted by molar-refractivity contribution is 6.46. The first kappa shape index (κ1) is 10.6. The minimum Gasteiger partial charge on any atom is -0.454 e. The summed E-state index contributed by atoms with van der Waals surface area (Å²) < 4.78 is 10.4. The van der Waals surface area contributed by atoms with Gasteiger partial charge in [-0.3, -0.25) is 9.59 Å². The van der Waals surface area contributed by atoms with E-state index >= 15 is 0 Å². The van der Waals surface area contributed by atoms with Crippen LogP contribution in [-0.4, -0.2) is 24.3 Å². The van der Waals surface area contributed by atoms with Gasteiger partial charge in [0.25, 0.3) is 5.91 Å². The standard InChI is InChI=1S/C11H9N3O4/c15-10-4-7(13-14-10)11(16)12-6-1-2-8-9(3-6)18-5-17-8/h1-3H,4-5H2,(H,12,16)(H,14,15). The Kier molecular flexibility index (Phi) is 2.36. The summed E-state index contributed by atoms with van der Waals surface area (Å²) in [5, 5.41) is 6.27. The van der Waals surface area contributed by atoms with Gasteiger partial charge >= 0.3 is 0 Å². The van der Waals surface area contributed by atoms with Gasteiger partial charge < -0.3 is 14.8 Å². The monoisotopic (exact) mass is 247 g/mol. The van der Waals surface area contributed by atoms with E-state index in [4.69, 9.17) is 9.47 Å². The van der Waals surface area contributed by atoms with E-state index in [1.165, 1.54) is 0 Å². The average Bonchev–Trinajstić information content (AvgIpc) is 2.96. The number of ether oxygens (including phenoxy) is 2. The zero-order valence-electron chi connectivity index (χ0n) is 9.23. The Labute approximate surface area is 102 Å². The van der Waals surface area contributed by atoms with Crippen LogP contribution in [0.5, 0.6) is 11.5 Å². The summed E-state index contributed by atoms with van der Waals surface area (Å²) in [4.78, 5) is 22.7. The molecule has 0 aliphatic carbocycles. The van der Waals surface area contributed by atoms with Gasteiger partial charge in [-0.05, 0) is 12.1 Å². The largest absolute Gasteiger partial charge is 0.454 e. The van der Waals surface area contributed by atoms with E-state index in [-0.39, 0.29) is 24.8 Å². The zero-order valence-corrected chi connectivity index (χ0v) is 9.23. The minimum absolute atomic E-state index is 0.00359. The maximum Gasteiger partial charge on any atom is 0.272 e. The molecule has 3 rings (SSSR count). The van der Waals surface area contributed by atoms with Crippen molar-refractivity contribution in [1.29, 1.82) is 0 Å². The SMILES string of the molecule is O=C1CC(C(=O)Nc2ccc3c(c2)OCO3)=NN1. The molecule has 0 atom stereocenters. The van der Waals surface area contributed by atoms with E-state index in [1.807, 2.05) is 0 Å². The normalized spacial score (nSPS) is 16.2. The molecule has 0 fully saturated rings.